The van der Waals surface area contributed by atoms with Gasteiger partial charge in [0.25, 0.3) is 5.92 Å². The van der Waals surface area contributed by atoms with E-state index in [2.05, 4.69) is 24.8 Å². The lowest BCUT2D eigenvalue weighted by Gasteiger charge is -2.34. The fourth-order valence-corrected chi connectivity index (χ4v) is 2.15. The lowest BCUT2D eigenvalue weighted by Crippen LogP contribution is -2.39. The first-order valence-electron chi connectivity index (χ1n) is 5.69. The highest BCUT2D eigenvalue weighted by Crippen LogP contribution is 2.32. The maximum absolute atomic E-state index is 13.0. The number of alkyl halides is 2. The predicted molar refractivity (Wildman–Crippen MR) is 62.3 cm³/mol. The number of rotatable bonds is 1. The molecule has 1 nitrogen and oxygen atoms in total. The molecule has 0 radical (unpaired) electrons. The second-order valence-corrected chi connectivity index (χ2v) is 4.56. The fraction of sp³-hybridized carbons (Fsp3) is 0.538. The van der Waals surface area contributed by atoms with Gasteiger partial charge < -0.3 is 4.90 Å². The molecule has 1 saturated heterocycles. The van der Waals surface area contributed by atoms with E-state index in [-0.39, 0.29) is 12.8 Å². The van der Waals surface area contributed by atoms with Crippen LogP contribution in [0.1, 0.15) is 24.0 Å². The minimum atomic E-state index is -2.46. The molecule has 1 heterocycles. The van der Waals surface area contributed by atoms with Gasteiger partial charge in [-0.2, -0.15) is 0 Å². The van der Waals surface area contributed by atoms with Crippen LogP contribution in [0.3, 0.4) is 0 Å². The third-order valence-corrected chi connectivity index (χ3v) is 3.41. The summed E-state index contributed by atoms with van der Waals surface area (Å²) in [6.07, 6.45) is -0.0548. The summed E-state index contributed by atoms with van der Waals surface area (Å²) in [6.45, 7) is 5.02. The van der Waals surface area contributed by atoms with Crippen molar-refractivity contribution in [3.05, 3.63) is 29.3 Å². The summed E-state index contributed by atoms with van der Waals surface area (Å²) in [5.41, 5.74) is 3.53. The van der Waals surface area contributed by atoms with Crippen molar-refractivity contribution in [2.45, 2.75) is 32.6 Å². The van der Waals surface area contributed by atoms with E-state index in [9.17, 15) is 8.78 Å². The summed E-state index contributed by atoms with van der Waals surface area (Å²) < 4.78 is 26.1. The van der Waals surface area contributed by atoms with Crippen molar-refractivity contribution in [1.82, 2.24) is 0 Å². The third kappa shape index (κ3) is 2.18. The van der Waals surface area contributed by atoms with Crippen LogP contribution >= 0.6 is 0 Å². The highest BCUT2D eigenvalue weighted by molar-refractivity contribution is 5.56. The second kappa shape index (κ2) is 4.04. The number of halogens is 2. The molecule has 0 amide bonds. The van der Waals surface area contributed by atoms with Crippen LogP contribution in [0.4, 0.5) is 14.5 Å². The maximum Gasteiger partial charge on any atom is 0.251 e. The Balaban J connectivity index is 2.17. The summed E-state index contributed by atoms with van der Waals surface area (Å²) >= 11 is 0. The van der Waals surface area contributed by atoms with Gasteiger partial charge in [-0.05, 0) is 31.0 Å². The quantitative estimate of drug-likeness (QED) is 0.706. The number of hydrogen-bond acceptors (Lipinski definition) is 1. The zero-order valence-corrected chi connectivity index (χ0v) is 9.76. The lowest BCUT2D eigenvalue weighted by molar-refractivity contribution is -0.0220. The number of anilines is 1. The van der Waals surface area contributed by atoms with E-state index in [1.807, 2.05) is 12.1 Å². The van der Waals surface area contributed by atoms with Crippen molar-refractivity contribution < 1.29 is 8.78 Å². The second-order valence-electron chi connectivity index (χ2n) is 4.56. The van der Waals surface area contributed by atoms with Gasteiger partial charge >= 0.3 is 0 Å². The molecular formula is C13H17F2N. The van der Waals surface area contributed by atoms with Crippen molar-refractivity contribution in [3.8, 4) is 0 Å². The lowest BCUT2D eigenvalue weighted by atomic mass is 10.0. The number of hydrogen-bond donors (Lipinski definition) is 0. The Morgan fingerprint density at radius 3 is 2.38 bits per heavy atom. The van der Waals surface area contributed by atoms with E-state index >= 15 is 0 Å². The number of nitrogens with zero attached hydrogens (tertiary/aromatic N) is 1. The number of aryl methyl sites for hydroxylation is 1. The normalized spacial score (nSPS) is 19.9. The van der Waals surface area contributed by atoms with E-state index in [0.717, 1.165) is 5.69 Å². The monoisotopic (exact) mass is 225 g/mol. The Morgan fingerprint density at radius 2 is 1.75 bits per heavy atom. The zero-order chi connectivity index (χ0) is 11.8. The van der Waals surface area contributed by atoms with Gasteiger partial charge in [0.1, 0.15) is 0 Å². The average Bonchev–Trinajstić information content (AvgIpc) is 2.23. The summed E-state index contributed by atoms with van der Waals surface area (Å²) in [4.78, 5) is 2.07. The maximum atomic E-state index is 13.0. The number of piperidine rings is 1. The first-order chi connectivity index (χ1) is 7.49. The van der Waals surface area contributed by atoms with Crippen LogP contribution in [0.2, 0.25) is 0 Å². The SMILES string of the molecule is Cc1cccc(N2CCC(F)(F)CC2)c1C. The topological polar surface area (TPSA) is 3.24 Å². The van der Waals surface area contributed by atoms with Gasteiger partial charge in [0.05, 0.1) is 0 Å². The van der Waals surface area contributed by atoms with Crippen LogP contribution in [0.25, 0.3) is 0 Å². The largest absolute Gasteiger partial charge is 0.371 e. The van der Waals surface area contributed by atoms with E-state index in [1.165, 1.54) is 11.1 Å². The van der Waals surface area contributed by atoms with E-state index in [0.29, 0.717) is 13.1 Å². The first-order valence-corrected chi connectivity index (χ1v) is 5.69. The standard InChI is InChI=1S/C13H17F2N/c1-10-4-3-5-12(11(10)2)16-8-6-13(14,15)7-9-16/h3-5H,6-9H2,1-2H3. The van der Waals surface area contributed by atoms with Crippen molar-refractivity contribution in [1.29, 1.82) is 0 Å². The van der Waals surface area contributed by atoms with Crippen molar-refractivity contribution in [2.24, 2.45) is 0 Å². The van der Waals surface area contributed by atoms with Gasteiger partial charge in [0.15, 0.2) is 0 Å². The van der Waals surface area contributed by atoms with Crippen LogP contribution in [0.5, 0.6) is 0 Å². The minimum Gasteiger partial charge on any atom is -0.371 e. The minimum absolute atomic E-state index is 0.0274. The molecule has 0 N–H and O–H groups in total. The summed E-state index contributed by atoms with van der Waals surface area (Å²) in [5.74, 6) is -2.46. The third-order valence-electron chi connectivity index (χ3n) is 3.41. The highest BCUT2D eigenvalue weighted by atomic mass is 19.3. The average molecular weight is 225 g/mol. The van der Waals surface area contributed by atoms with Crippen LogP contribution in [-0.2, 0) is 0 Å². The number of benzene rings is 1. The Labute approximate surface area is 95.1 Å². The van der Waals surface area contributed by atoms with Gasteiger partial charge in [-0.3, -0.25) is 0 Å². The zero-order valence-electron chi connectivity index (χ0n) is 9.76. The highest BCUT2D eigenvalue weighted by Gasteiger charge is 2.34. The molecule has 0 unspecified atom stereocenters. The van der Waals surface area contributed by atoms with Gasteiger partial charge in [-0.15, -0.1) is 0 Å². The molecule has 0 saturated carbocycles. The van der Waals surface area contributed by atoms with Gasteiger partial charge in [0, 0.05) is 31.6 Å². The van der Waals surface area contributed by atoms with Crippen molar-refractivity contribution >= 4 is 5.69 Å². The molecule has 0 spiro atoms. The molecule has 88 valence electrons. The van der Waals surface area contributed by atoms with Gasteiger partial charge in [-0.25, -0.2) is 8.78 Å². The molecule has 0 aromatic heterocycles. The summed E-state index contributed by atoms with van der Waals surface area (Å²) in [5, 5.41) is 0. The van der Waals surface area contributed by atoms with Crippen molar-refractivity contribution in [2.75, 3.05) is 18.0 Å². The molecule has 0 aliphatic carbocycles. The molecule has 16 heavy (non-hydrogen) atoms. The predicted octanol–water partition coefficient (Wildman–Crippen LogP) is 3.54. The van der Waals surface area contributed by atoms with Crippen LogP contribution in [0, 0.1) is 13.8 Å². The molecule has 3 heteroatoms. The summed E-state index contributed by atoms with van der Waals surface area (Å²) in [6, 6.07) is 6.06. The Morgan fingerprint density at radius 1 is 1.12 bits per heavy atom. The van der Waals surface area contributed by atoms with E-state index in [1.54, 1.807) is 0 Å². The molecule has 1 aromatic carbocycles. The van der Waals surface area contributed by atoms with Gasteiger partial charge in [-0.1, -0.05) is 12.1 Å². The van der Waals surface area contributed by atoms with E-state index in [4.69, 9.17) is 0 Å². The van der Waals surface area contributed by atoms with Crippen LogP contribution in [0.15, 0.2) is 18.2 Å². The Bertz CT molecular complexity index is 378. The van der Waals surface area contributed by atoms with Gasteiger partial charge in [0.2, 0.25) is 0 Å². The molecule has 1 aromatic rings. The molecule has 0 bridgehead atoms. The summed E-state index contributed by atoms with van der Waals surface area (Å²) in [7, 11) is 0. The Hall–Kier alpha value is -1.12. The van der Waals surface area contributed by atoms with Crippen molar-refractivity contribution in [3.63, 3.8) is 0 Å². The molecule has 1 fully saturated rings. The molecular weight excluding hydrogens is 208 g/mol. The molecule has 0 atom stereocenters. The molecule has 1 aliphatic rings. The van der Waals surface area contributed by atoms with Crippen LogP contribution in [-0.4, -0.2) is 19.0 Å². The molecule has 2 rings (SSSR count). The Kier molecular flexibility index (Phi) is 2.87. The van der Waals surface area contributed by atoms with Crippen LogP contribution < -0.4 is 4.90 Å². The molecule has 1 aliphatic heterocycles. The fourth-order valence-electron chi connectivity index (χ4n) is 2.15. The first kappa shape index (κ1) is 11.4. The van der Waals surface area contributed by atoms with E-state index < -0.39 is 5.92 Å². The smallest absolute Gasteiger partial charge is 0.251 e.